The van der Waals surface area contributed by atoms with E-state index in [0.717, 1.165) is 23.5 Å². The number of hydrogen-bond donors (Lipinski definition) is 0. The second-order valence-corrected chi connectivity index (χ2v) is 5.03. The van der Waals surface area contributed by atoms with Gasteiger partial charge in [-0.3, -0.25) is 0 Å². The molecule has 0 amide bonds. The summed E-state index contributed by atoms with van der Waals surface area (Å²) in [5.41, 5.74) is 2.34. The SMILES string of the molecule is C=CC(C/C=C/c1cccc(OC)c1)c1cccc(OC)c1. The predicted molar refractivity (Wildman–Crippen MR) is 92.6 cm³/mol. The molecular formula is C20H22O2. The zero-order chi connectivity index (χ0) is 15.8. The summed E-state index contributed by atoms with van der Waals surface area (Å²) >= 11 is 0. The van der Waals surface area contributed by atoms with Crippen LogP contribution in [0.5, 0.6) is 11.5 Å². The number of hydrogen-bond acceptors (Lipinski definition) is 2. The van der Waals surface area contributed by atoms with E-state index in [-0.39, 0.29) is 5.92 Å². The highest BCUT2D eigenvalue weighted by Crippen LogP contribution is 2.25. The Morgan fingerprint density at radius 2 is 1.68 bits per heavy atom. The first-order valence-electron chi connectivity index (χ1n) is 7.34. The van der Waals surface area contributed by atoms with E-state index < -0.39 is 0 Å². The third-order valence-electron chi connectivity index (χ3n) is 3.60. The van der Waals surface area contributed by atoms with Gasteiger partial charge in [-0.1, -0.05) is 42.5 Å². The van der Waals surface area contributed by atoms with E-state index in [1.807, 2.05) is 36.4 Å². The van der Waals surface area contributed by atoms with Gasteiger partial charge in [0, 0.05) is 5.92 Å². The molecule has 0 aromatic heterocycles. The van der Waals surface area contributed by atoms with Crippen molar-refractivity contribution in [3.8, 4) is 11.5 Å². The minimum atomic E-state index is 0.275. The molecule has 2 aromatic rings. The summed E-state index contributed by atoms with van der Waals surface area (Å²) in [7, 11) is 3.37. The monoisotopic (exact) mass is 294 g/mol. The Hall–Kier alpha value is -2.48. The third-order valence-corrected chi connectivity index (χ3v) is 3.60. The van der Waals surface area contributed by atoms with Gasteiger partial charge in [0.05, 0.1) is 14.2 Å². The molecule has 2 rings (SSSR count). The normalized spacial score (nSPS) is 12.1. The molecule has 1 unspecified atom stereocenters. The highest BCUT2D eigenvalue weighted by Gasteiger charge is 2.06. The molecule has 0 bridgehead atoms. The number of methoxy groups -OCH3 is 2. The van der Waals surface area contributed by atoms with Gasteiger partial charge in [-0.2, -0.15) is 0 Å². The smallest absolute Gasteiger partial charge is 0.119 e. The molecule has 1 atom stereocenters. The van der Waals surface area contributed by atoms with Crippen molar-refractivity contribution in [1.82, 2.24) is 0 Å². The summed E-state index contributed by atoms with van der Waals surface area (Å²) in [5.74, 6) is 2.02. The van der Waals surface area contributed by atoms with Crippen LogP contribution in [0.15, 0.2) is 67.3 Å². The average Bonchev–Trinajstić information content (AvgIpc) is 2.59. The van der Waals surface area contributed by atoms with E-state index in [2.05, 4.69) is 36.9 Å². The van der Waals surface area contributed by atoms with Crippen molar-refractivity contribution in [3.63, 3.8) is 0 Å². The van der Waals surface area contributed by atoms with E-state index >= 15 is 0 Å². The van der Waals surface area contributed by atoms with Crippen LogP contribution in [-0.4, -0.2) is 14.2 Å². The molecule has 0 fully saturated rings. The van der Waals surface area contributed by atoms with Gasteiger partial charge in [-0.05, 0) is 41.8 Å². The van der Waals surface area contributed by atoms with Gasteiger partial charge in [-0.25, -0.2) is 0 Å². The summed E-state index contributed by atoms with van der Waals surface area (Å²) in [6.45, 7) is 3.95. The highest BCUT2D eigenvalue weighted by molar-refractivity contribution is 5.52. The molecule has 114 valence electrons. The van der Waals surface area contributed by atoms with Crippen LogP contribution >= 0.6 is 0 Å². The Morgan fingerprint density at radius 3 is 2.36 bits per heavy atom. The molecule has 22 heavy (non-hydrogen) atoms. The Bertz CT molecular complexity index is 644. The molecule has 2 aromatic carbocycles. The Balaban J connectivity index is 2.06. The van der Waals surface area contributed by atoms with Gasteiger partial charge in [0.2, 0.25) is 0 Å². The lowest BCUT2D eigenvalue weighted by molar-refractivity contribution is 0.414. The molecule has 0 saturated heterocycles. The molecule has 0 spiro atoms. The van der Waals surface area contributed by atoms with Gasteiger partial charge in [0.1, 0.15) is 11.5 Å². The fourth-order valence-electron chi connectivity index (χ4n) is 2.34. The van der Waals surface area contributed by atoms with E-state index in [1.54, 1.807) is 14.2 Å². The molecule has 0 radical (unpaired) electrons. The number of allylic oxidation sites excluding steroid dienone is 2. The van der Waals surface area contributed by atoms with Gasteiger partial charge < -0.3 is 9.47 Å². The van der Waals surface area contributed by atoms with Crippen LogP contribution in [0.25, 0.3) is 6.08 Å². The van der Waals surface area contributed by atoms with Crippen molar-refractivity contribution in [1.29, 1.82) is 0 Å². The molecule has 2 heteroatoms. The van der Waals surface area contributed by atoms with Crippen LogP contribution in [-0.2, 0) is 0 Å². The first-order valence-corrected chi connectivity index (χ1v) is 7.34. The fraction of sp³-hybridized carbons (Fsp3) is 0.200. The lowest BCUT2D eigenvalue weighted by atomic mass is 9.95. The minimum absolute atomic E-state index is 0.275. The van der Waals surface area contributed by atoms with Gasteiger partial charge in [0.25, 0.3) is 0 Å². The van der Waals surface area contributed by atoms with Crippen LogP contribution in [0.1, 0.15) is 23.5 Å². The largest absolute Gasteiger partial charge is 0.497 e. The summed E-state index contributed by atoms with van der Waals surface area (Å²) < 4.78 is 10.5. The Kier molecular flexibility index (Phi) is 5.84. The Morgan fingerprint density at radius 1 is 1.00 bits per heavy atom. The Labute approximate surface area is 132 Å². The topological polar surface area (TPSA) is 18.5 Å². The number of benzene rings is 2. The summed E-state index contributed by atoms with van der Waals surface area (Å²) in [6, 6.07) is 16.1. The van der Waals surface area contributed by atoms with Crippen LogP contribution in [0.3, 0.4) is 0 Å². The minimum Gasteiger partial charge on any atom is -0.497 e. The average molecular weight is 294 g/mol. The standard InChI is InChI=1S/C20H22O2/c1-4-17(18-11-7-13-20(15-18)22-3)10-5-8-16-9-6-12-19(14-16)21-2/h4-9,11-15,17H,1,10H2,2-3H3/b8-5+. The number of ether oxygens (including phenoxy) is 2. The van der Waals surface area contributed by atoms with Crippen molar-refractivity contribution in [3.05, 3.63) is 78.4 Å². The zero-order valence-corrected chi connectivity index (χ0v) is 13.2. The van der Waals surface area contributed by atoms with Crippen LogP contribution in [0.4, 0.5) is 0 Å². The van der Waals surface area contributed by atoms with Crippen LogP contribution < -0.4 is 9.47 Å². The van der Waals surface area contributed by atoms with E-state index in [0.29, 0.717) is 0 Å². The summed E-state index contributed by atoms with van der Waals surface area (Å²) in [5, 5.41) is 0. The first-order chi connectivity index (χ1) is 10.8. The van der Waals surface area contributed by atoms with E-state index in [9.17, 15) is 0 Å². The van der Waals surface area contributed by atoms with Crippen molar-refractivity contribution >= 4 is 6.08 Å². The second-order valence-electron chi connectivity index (χ2n) is 5.03. The fourth-order valence-corrected chi connectivity index (χ4v) is 2.34. The van der Waals surface area contributed by atoms with Gasteiger partial charge in [0.15, 0.2) is 0 Å². The number of rotatable bonds is 7. The van der Waals surface area contributed by atoms with Crippen molar-refractivity contribution in [2.45, 2.75) is 12.3 Å². The molecule has 0 aliphatic heterocycles. The predicted octanol–water partition coefficient (Wildman–Crippen LogP) is 5.08. The van der Waals surface area contributed by atoms with E-state index in [1.165, 1.54) is 5.56 Å². The van der Waals surface area contributed by atoms with Crippen molar-refractivity contribution < 1.29 is 9.47 Å². The van der Waals surface area contributed by atoms with Gasteiger partial charge >= 0.3 is 0 Å². The van der Waals surface area contributed by atoms with Gasteiger partial charge in [-0.15, -0.1) is 6.58 Å². The molecule has 0 heterocycles. The van der Waals surface area contributed by atoms with Crippen LogP contribution in [0.2, 0.25) is 0 Å². The first kappa shape index (κ1) is 15.9. The lowest BCUT2D eigenvalue weighted by Gasteiger charge is -2.11. The second kappa shape index (κ2) is 8.08. The van der Waals surface area contributed by atoms with Crippen LogP contribution in [0, 0.1) is 0 Å². The van der Waals surface area contributed by atoms with Crippen molar-refractivity contribution in [2.24, 2.45) is 0 Å². The zero-order valence-electron chi connectivity index (χ0n) is 13.2. The molecule has 0 saturated carbocycles. The molecule has 0 N–H and O–H groups in total. The maximum atomic E-state index is 5.28. The highest BCUT2D eigenvalue weighted by atomic mass is 16.5. The third kappa shape index (κ3) is 4.26. The molecule has 0 aliphatic carbocycles. The summed E-state index contributed by atoms with van der Waals surface area (Å²) in [6.07, 6.45) is 7.15. The summed E-state index contributed by atoms with van der Waals surface area (Å²) in [4.78, 5) is 0. The maximum Gasteiger partial charge on any atom is 0.119 e. The lowest BCUT2D eigenvalue weighted by Crippen LogP contribution is -1.94. The molecule has 2 nitrogen and oxygen atoms in total. The van der Waals surface area contributed by atoms with Crippen molar-refractivity contribution in [2.75, 3.05) is 14.2 Å². The molecular weight excluding hydrogens is 272 g/mol. The maximum absolute atomic E-state index is 5.28. The molecule has 0 aliphatic rings. The quantitative estimate of drug-likeness (QED) is 0.663. The van der Waals surface area contributed by atoms with E-state index in [4.69, 9.17) is 9.47 Å².